The average molecular weight is 363 g/mol. The fourth-order valence-corrected chi connectivity index (χ4v) is 4.24. The number of nitrogens with zero attached hydrogens (tertiary/aromatic N) is 2. The summed E-state index contributed by atoms with van der Waals surface area (Å²) in [5.41, 5.74) is 2.02. The SMILES string of the molecule is CCCCCCC(CCC)C(C#N)(CC1=CC=NC=CC1)c1ccccc1. The molecule has 0 aliphatic carbocycles. The molecule has 2 unspecified atom stereocenters. The smallest absolute Gasteiger partial charge is 0.0887 e. The zero-order valence-corrected chi connectivity index (χ0v) is 17.0. The van der Waals surface area contributed by atoms with E-state index in [-0.39, 0.29) is 0 Å². The molecule has 1 aromatic carbocycles. The fourth-order valence-electron chi connectivity index (χ4n) is 4.24. The highest BCUT2D eigenvalue weighted by Gasteiger charge is 2.40. The van der Waals surface area contributed by atoms with Crippen LogP contribution in [-0.4, -0.2) is 6.21 Å². The third-order valence-electron chi connectivity index (χ3n) is 5.70. The van der Waals surface area contributed by atoms with E-state index in [2.05, 4.69) is 61.3 Å². The van der Waals surface area contributed by atoms with E-state index in [1.807, 2.05) is 18.5 Å². The molecule has 1 aliphatic heterocycles. The summed E-state index contributed by atoms with van der Waals surface area (Å²) < 4.78 is 0. The maximum atomic E-state index is 10.5. The van der Waals surface area contributed by atoms with Gasteiger partial charge in [-0.1, -0.05) is 87.9 Å². The zero-order chi connectivity index (χ0) is 19.4. The maximum absolute atomic E-state index is 10.5. The Kier molecular flexibility index (Phi) is 9.05. The van der Waals surface area contributed by atoms with Crippen molar-refractivity contribution in [2.24, 2.45) is 10.9 Å². The first kappa shape index (κ1) is 21.2. The number of nitriles is 1. The van der Waals surface area contributed by atoms with Crippen LogP contribution in [0.3, 0.4) is 0 Å². The van der Waals surface area contributed by atoms with Crippen molar-refractivity contribution in [3.05, 3.63) is 59.8 Å². The topological polar surface area (TPSA) is 36.1 Å². The minimum atomic E-state index is -0.457. The van der Waals surface area contributed by atoms with Crippen molar-refractivity contribution in [3.63, 3.8) is 0 Å². The first-order valence-corrected chi connectivity index (χ1v) is 10.6. The van der Waals surface area contributed by atoms with Gasteiger partial charge in [0.1, 0.15) is 0 Å². The summed E-state index contributed by atoms with van der Waals surface area (Å²) in [6, 6.07) is 13.3. The molecule has 0 saturated heterocycles. The largest absolute Gasteiger partial charge is 0.265 e. The highest BCUT2D eigenvalue weighted by Crippen LogP contribution is 2.43. The van der Waals surface area contributed by atoms with E-state index in [4.69, 9.17) is 0 Å². The highest BCUT2D eigenvalue weighted by molar-refractivity contribution is 5.73. The summed E-state index contributed by atoms with van der Waals surface area (Å²) in [5, 5.41) is 10.5. The van der Waals surface area contributed by atoms with Crippen molar-refractivity contribution in [1.82, 2.24) is 0 Å². The highest BCUT2D eigenvalue weighted by atomic mass is 14.7. The third-order valence-corrected chi connectivity index (χ3v) is 5.70. The first-order valence-electron chi connectivity index (χ1n) is 10.6. The molecule has 2 rings (SSSR count). The van der Waals surface area contributed by atoms with Gasteiger partial charge < -0.3 is 0 Å². The van der Waals surface area contributed by atoms with Crippen LogP contribution in [0.15, 0.2) is 59.2 Å². The van der Waals surface area contributed by atoms with E-state index in [9.17, 15) is 5.26 Å². The Morgan fingerprint density at radius 1 is 1.07 bits per heavy atom. The quantitative estimate of drug-likeness (QED) is 0.385. The number of hydrogen-bond donors (Lipinski definition) is 0. The minimum Gasteiger partial charge on any atom is -0.265 e. The molecular weight excluding hydrogens is 328 g/mol. The summed E-state index contributed by atoms with van der Waals surface area (Å²) in [6.07, 6.45) is 18.0. The number of aliphatic imine (C=N–C) groups is 1. The summed E-state index contributed by atoms with van der Waals surface area (Å²) >= 11 is 0. The van der Waals surface area contributed by atoms with Crippen molar-refractivity contribution in [2.45, 2.75) is 77.0 Å². The predicted molar refractivity (Wildman–Crippen MR) is 116 cm³/mol. The Hall–Kier alpha value is -2.14. The molecule has 2 nitrogen and oxygen atoms in total. The normalized spacial score (nSPS) is 16.9. The zero-order valence-electron chi connectivity index (χ0n) is 17.0. The number of benzene rings is 1. The lowest BCUT2D eigenvalue weighted by Gasteiger charge is -2.37. The van der Waals surface area contributed by atoms with Gasteiger partial charge in [-0.15, -0.1) is 0 Å². The van der Waals surface area contributed by atoms with E-state index in [0.29, 0.717) is 5.92 Å². The van der Waals surface area contributed by atoms with Crippen LogP contribution >= 0.6 is 0 Å². The van der Waals surface area contributed by atoms with Crippen LogP contribution in [0.25, 0.3) is 0 Å². The van der Waals surface area contributed by atoms with Gasteiger partial charge >= 0.3 is 0 Å². The molecule has 0 bridgehead atoms. The minimum absolute atomic E-state index is 0.386. The molecule has 0 fully saturated rings. The first-order chi connectivity index (χ1) is 13.3. The van der Waals surface area contributed by atoms with Crippen LogP contribution in [0, 0.1) is 17.2 Å². The Labute approximate surface area is 165 Å². The van der Waals surface area contributed by atoms with Gasteiger partial charge in [0.15, 0.2) is 0 Å². The average Bonchev–Trinajstić information content (AvgIpc) is 2.98. The molecule has 0 radical (unpaired) electrons. The molecule has 1 aromatic rings. The summed E-state index contributed by atoms with van der Waals surface area (Å²) in [5.74, 6) is 0.386. The molecular formula is C25H34N2. The van der Waals surface area contributed by atoms with E-state index >= 15 is 0 Å². The molecule has 0 spiro atoms. The van der Waals surface area contributed by atoms with E-state index in [0.717, 1.165) is 32.1 Å². The Balaban J connectivity index is 2.36. The molecule has 0 N–H and O–H groups in total. The van der Waals surface area contributed by atoms with Crippen LogP contribution in [0.4, 0.5) is 0 Å². The summed E-state index contributed by atoms with van der Waals surface area (Å²) in [7, 11) is 0. The molecule has 1 aliphatic rings. The molecule has 1 heterocycles. The van der Waals surface area contributed by atoms with E-state index in [1.54, 1.807) is 0 Å². The second-order valence-electron chi connectivity index (χ2n) is 7.67. The van der Waals surface area contributed by atoms with Crippen LogP contribution in [-0.2, 0) is 5.41 Å². The van der Waals surface area contributed by atoms with Crippen molar-refractivity contribution in [2.75, 3.05) is 0 Å². The van der Waals surface area contributed by atoms with E-state index in [1.165, 1.54) is 36.8 Å². The van der Waals surface area contributed by atoms with Crippen LogP contribution < -0.4 is 0 Å². The van der Waals surface area contributed by atoms with Crippen LogP contribution in [0.2, 0.25) is 0 Å². The monoisotopic (exact) mass is 362 g/mol. The number of unbranched alkanes of at least 4 members (excludes halogenated alkanes) is 3. The van der Waals surface area contributed by atoms with E-state index < -0.39 is 5.41 Å². The molecule has 0 saturated carbocycles. The second kappa shape index (κ2) is 11.5. The van der Waals surface area contributed by atoms with Crippen LogP contribution in [0.5, 0.6) is 0 Å². The molecule has 2 atom stereocenters. The van der Waals surface area contributed by atoms with Crippen molar-refractivity contribution >= 4 is 6.21 Å². The number of hydrogen-bond acceptors (Lipinski definition) is 2. The van der Waals surface area contributed by atoms with Gasteiger partial charge in [-0.05, 0) is 43.2 Å². The van der Waals surface area contributed by atoms with Gasteiger partial charge in [0.2, 0.25) is 0 Å². The van der Waals surface area contributed by atoms with Gasteiger partial charge in [-0.2, -0.15) is 5.26 Å². The molecule has 0 amide bonds. The molecule has 144 valence electrons. The lowest BCUT2D eigenvalue weighted by Crippen LogP contribution is -2.35. The van der Waals surface area contributed by atoms with Crippen LogP contribution in [0.1, 0.15) is 77.2 Å². The number of allylic oxidation sites excluding steroid dienone is 3. The lowest BCUT2D eigenvalue weighted by molar-refractivity contribution is 0.284. The summed E-state index contributed by atoms with van der Waals surface area (Å²) in [4.78, 5) is 4.24. The van der Waals surface area contributed by atoms with Crippen molar-refractivity contribution in [1.29, 1.82) is 5.26 Å². The second-order valence-corrected chi connectivity index (χ2v) is 7.67. The predicted octanol–water partition coefficient (Wildman–Crippen LogP) is 7.14. The van der Waals surface area contributed by atoms with Gasteiger partial charge in [0.25, 0.3) is 0 Å². The maximum Gasteiger partial charge on any atom is 0.0887 e. The lowest BCUT2D eigenvalue weighted by atomic mass is 9.64. The number of rotatable bonds is 11. The van der Waals surface area contributed by atoms with Gasteiger partial charge in [-0.3, -0.25) is 4.99 Å². The standard InChI is InChI=1S/C25H34N2/c1-3-5-6-8-14-23(12-4-2)25(21-26,24-15-9-7-10-16-24)20-22-13-11-18-27-19-17-22/h7,9-11,15-19,23H,3-6,8,12-14,20H2,1-2H3. The Bertz CT molecular complexity index is 678. The summed E-state index contributed by atoms with van der Waals surface area (Å²) in [6.45, 7) is 4.49. The van der Waals surface area contributed by atoms with Crippen molar-refractivity contribution in [3.8, 4) is 6.07 Å². The fraction of sp³-hybridized carbons (Fsp3) is 0.520. The molecule has 0 aromatic heterocycles. The van der Waals surface area contributed by atoms with Gasteiger partial charge in [-0.25, -0.2) is 0 Å². The molecule has 27 heavy (non-hydrogen) atoms. The Morgan fingerprint density at radius 2 is 1.89 bits per heavy atom. The third kappa shape index (κ3) is 5.93. The van der Waals surface area contributed by atoms with Gasteiger partial charge in [0.05, 0.1) is 11.5 Å². The van der Waals surface area contributed by atoms with Crippen molar-refractivity contribution < 1.29 is 0 Å². The van der Waals surface area contributed by atoms with Gasteiger partial charge in [0, 0.05) is 12.4 Å². The Morgan fingerprint density at radius 3 is 2.59 bits per heavy atom. The molecule has 2 heteroatoms.